The number of nitrogens with zero attached hydrogens (tertiary/aromatic N) is 1. The lowest BCUT2D eigenvalue weighted by molar-refractivity contribution is -0.149. The maximum absolute atomic E-state index is 12.4. The van der Waals surface area contributed by atoms with Crippen LogP contribution in [0.1, 0.15) is 49.9 Å². The lowest BCUT2D eigenvalue weighted by Gasteiger charge is -2.28. The van der Waals surface area contributed by atoms with Gasteiger partial charge in [0.2, 0.25) is 5.91 Å². The van der Waals surface area contributed by atoms with Crippen molar-refractivity contribution in [2.75, 3.05) is 6.54 Å². The molecular formula is C18H23NO4. The van der Waals surface area contributed by atoms with E-state index < -0.39 is 17.4 Å². The second-order valence-electron chi connectivity index (χ2n) is 6.89. The molecule has 5 heteroatoms. The summed E-state index contributed by atoms with van der Waals surface area (Å²) in [5.41, 5.74) is 0.132. The molecule has 1 aliphatic heterocycles. The number of carbonyl (C=O) groups is 3. The van der Waals surface area contributed by atoms with Crippen molar-refractivity contribution in [3.63, 3.8) is 0 Å². The molecule has 1 atom stereocenters. The van der Waals surface area contributed by atoms with Crippen LogP contribution >= 0.6 is 0 Å². The fourth-order valence-corrected chi connectivity index (χ4v) is 3.06. The highest BCUT2D eigenvalue weighted by molar-refractivity contribution is 5.96. The molecule has 1 amide bonds. The molecule has 1 heterocycles. The lowest BCUT2D eigenvalue weighted by atomic mass is 9.82. The van der Waals surface area contributed by atoms with E-state index in [4.69, 9.17) is 0 Å². The summed E-state index contributed by atoms with van der Waals surface area (Å²) in [6.45, 7) is 4.23. The predicted molar refractivity (Wildman–Crippen MR) is 86.2 cm³/mol. The number of aliphatic carboxylic acids is 1. The van der Waals surface area contributed by atoms with Crippen molar-refractivity contribution < 1.29 is 19.5 Å². The number of carboxylic acids is 1. The molecule has 5 nitrogen and oxygen atoms in total. The first-order valence-electron chi connectivity index (χ1n) is 7.91. The molecule has 2 rings (SSSR count). The van der Waals surface area contributed by atoms with Crippen LogP contribution in [-0.2, 0) is 9.59 Å². The molecule has 1 aromatic rings. The molecule has 0 radical (unpaired) electrons. The van der Waals surface area contributed by atoms with Gasteiger partial charge in [0.25, 0.3) is 0 Å². The van der Waals surface area contributed by atoms with Gasteiger partial charge < -0.3 is 10.0 Å². The van der Waals surface area contributed by atoms with Gasteiger partial charge in [0.05, 0.1) is 0 Å². The Kier molecular flexibility index (Phi) is 5.19. The first-order chi connectivity index (χ1) is 10.8. The van der Waals surface area contributed by atoms with Crippen molar-refractivity contribution in [3.05, 3.63) is 35.9 Å². The number of Topliss-reactive ketones (excluding diaryl/α,β-unsaturated/α-hetero) is 1. The van der Waals surface area contributed by atoms with Crippen LogP contribution < -0.4 is 0 Å². The summed E-state index contributed by atoms with van der Waals surface area (Å²) >= 11 is 0. The maximum atomic E-state index is 12.4. The molecule has 23 heavy (non-hydrogen) atoms. The van der Waals surface area contributed by atoms with E-state index in [9.17, 15) is 19.5 Å². The van der Waals surface area contributed by atoms with Crippen molar-refractivity contribution in [2.45, 2.75) is 45.6 Å². The van der Waals surface area contributed by atoms with Crippen LogP contribution in [0.4, 0.5) is 0 Å². The third kappa shape index (κ3) is 4.41. The number of likely N-dealkylation sites (tertiary alicyclic amines) is 1. The van der Waals surface area contributed by atoms with Gasteiger partial charge in [-0.15, -0.1) is 0 Å². The Hall–Kier alpha value is -2.17. The molecule has 1 aromatic carbocycles. The van der Waals surface area contributed by atoms with E-state index in [1.165, 1.54) is 4.90 Å². The molecule has 0 spiro atoms. The highest BCUT2D eigenvalue weighted by Crippen LogP contribution is 2.30. The Labute approximate surface area is 136 Å². The molecule has 1 aliphatic rings. The molecular weight excluding hydrogens is 294 g/mol. The summed E-state index contributed by atoms with van der Waals surface area (Å²) in [7, 11) is 0. The summed E-state index contributed by atoms with van der Waals surface area (Å²) in [6.07, 6.45) is 1.65. The number of carbonyl (C=O) groups excluding carboxylic acids is 2. The summed E-state index contributed by atoms with van der Waals surface area (Å²) < 4.78 is 0. The maximum Gasteiger partial charge on any atom is 0.326 e. The number of rotatable bonds is 6. The first kappa shape index (κ1) is 17.2. The van der Waals surface area contributed by atoms with Crippen molar-refractivity contribution in [1.29, 1.82) is 0 Å². The van der Waals surface area contributed by atoms with Crippen LogP contribution in [0.2, 0.25) is 0 Å². The lowest BCUT2D eigenvalue weighted by Crippen LogP contribution is -2.42. The third-order valence-electron chi connectivity index (χ3n) is 4.22. The normalized spacial score (nSPS) is 18.0. The van der Waals surface area contributed by atoms with E-state index in [-0.39, 0.29) is 24.5 Å². The Morgan fingerprint density at radius 2 is 1.83 bits per heavy atom. The minimum Gasteiger partial charge on any atom is -0.480 e. The van der Waals surface area contributed by atoms with Gasteiger partial charge >= 0.3 is 5.97 Å². The van der Waals surface area contributed by atoms with E-state index in [0.29, 0.717) is 24.9 Å². The summed E-state index contributed by atoms with van der Waals surface area (Å²) in [6, 6.07) is 8.29. The van der Waals surface area contributed by atoms with E-state index in [1.54, 1.807) is 12.1 Å². The molecule has 0 aliphatic carbocycles. The average molecular weight is 317 g/mol. The third-order valence-corrected chi connectivity index (χ3v) is 4.22. The standard InChI is InChI=1S/C18H23NO4/c1-18(2,11-15(20)13-7-4-3-5-8-13)12-16(21)19-10-6-9-14(19)17(22)23/h3-5,7-8,14H,6,9-12H2,1-2H3,(H,22,23). The first-order valence-corrected chi connectivity index (χ1v) is 7.91. The molecule has 1 fully saturated rings. The summed E-state index contributed by atoms with van der Waals surface area (Å²) in [5.74, 6) is -1.13. The van der Waals surface area contributed by atoms with Crippen LogP contribution in [-0.4, -0.2) is 40.3 Å². The van der Waals surface area contributed by atoms with Crippen LogP contribution in [0, 0.1) is 5.41 Å². The van der Waals surface area contributed by atoms with Crippen molar-refractivity contribution >= 4 is 17.7 Å². The number of hydrogen-bond donors (Lipinski definition) is 1. The van der Waals surface area contributed by atoms with E-state index in [0.717, 1.165) is 0 Å². The Morgan fingerprint density at radius 3 is 2.43 bits per heavy atom. The van der Waals surface area contributed by atoms with Crippen LogP contribution in [0.3, 0.4) is 0 Å². The minimum absolute atomic E-state index is 0.000364. The molecule has 0 aromatic heterocycles. The zero-order chi connectivity index (χ0) is 17.0. The fourth-order valence-electron chi connectivity index (χ4n) is 3.06. The number of hydrogen-bond acceptors (Lipinski definition) is 3. The Balaban J connectivity index is 1.99. The van der Waals surface area contributed by atoms with Crippen molar-refractivity contribution in [3.8, 4) is 0 Å². The minimum atomic E-state index is -0.950. The number of benzene rings is 1. The van der Waals surface area contributed by atoms with Gasteiger partial charge in [0, 0.05) is 24.9 Å². The second-order valence-corrected chi connectivity index (χ2v) is 6.89. The number of amides is 1. The highest BCUT2D eigenvalue weighted by Gasteiger charge is 2.36. The smallest absolute Gasteiger partial charge is 0.326 e. The van der Waals surface area contributed by atoms with Gasteiger partial charge in [0.15, 0.2) is 5.78 Å². The quantitative estimate of drug-likeness (QED) is 0.819. The van der Waals surface area contributed by atoms with Crippen LogP contribution in [0.15, 0.2) is 30.3 Å². The van der Waals surface area contributed by atoms with Gasteiger partial charge in [0.1, 0.15) is 6.04 Å². The van der Waals surface area contributed by atoms with Crippen molar-refractivity contribution in [2.24, 2.45) is 5.41 Å². The number of carboxylic acid groups (broad SMARTS) is 1. The molecule has 124 valence electrons. The van der Waals surface area contributed by atoms with Crippen LogP contribution in [0.25, 0.3) is 0 Å². The predicted octanol–water partition coefficient (Wildman–Crippen LogP) is 2.75. The largest absolute Gasteiger partial charge is 0.480 e. The molecule has 0 saturated carbocycles. The van der Waals surface area contributed by atoms with Crippen molar-refractivity contribution in [1.82, 2.24) is 4.90 Å². The van der Waals surface area contributed by atoms with Gasteiger partial charge in [-0.25, -0.2) is 4.79 Å². The number of ketones is 1. The zero-order valence-corrected chi connectivity index (χ0v) is 13.6. The van der Waals surface area contributed by atoms with E-state index in [1.807, 2.05) is 32.0 Å². The Bertz CT molecular complexity index is 594. The van der Waals surface area contributed by atoms with Gasteiger partial charge in [-0.2, -0.15) is 0 Å². The summed E-state index contributed by atoms with van der Waals surface area (Å²) in [5, 5.41) is 9.18. The van der Waals surface area contributed by atoms with Gasteiger partial charge in [-0.05, 0) is 18.3 Å². The second kappa shape index (κ2) is 6.94. The van der Waals surface area contributed by atoms with E-state index in [2.05, 4.69) is 0 Å². The van der Waals surface area contributed by atoms with Crippen LogP contribution in [0.5, 0.6) is 0 Å². The molecule has 1 saturated heterocycles. The molecule has 1 N–H and O–H groups in total. The molecule has 1 unspecified atom stereocenters. The summed E-state index contributed by atoms with van der Waals surface area (Å²) in [4.78, 5) is 37.4. The van der Waals surface area contributed by atoms with Gasteiger partial charge in [-0.3, -0.25) is 9.59 Å². The monoisotopic (exact) mass is 317 g/mol. The topological polar surface area (TPSA) is 74.7 Å². The zero-order valence-electron chi connectivity index (χ0n) is 13.6. The Morgan fingerprint density at radius 1 is 1.17 bits per heavy atom. The molecule has 0 bridgehead atoms. The van der Waals surface area contributed by atoms with Gasteiger partial charge in [-0.1, -0.05) is 44.2 Å². The fraction of sp³-hybridized carbons (Fsp3) is 0.500. The average Bonchev–Trinajstić information content (AvgIpc) is 2.97. The van der Waals surface area contributed by atoms with E-state index >= 15 is 0 Å². The highest BCUT2D eigenvalue weighted by atomic mass is 16.4. The SMILES string of the molecule is CC(C)(CC(=O)c1ccccc1)CC(=O)N1CCCC1C(=O)O.